The van der Waals surface area contributed by atoms with E-state index in [4.69, 9.17) is 4.74 Å². The van der Waals surface area contributed by atoms with Crippen molar-refractivity contribution in [2.75, 3.05) is 12.4 Å². The molecule has 1 aliphatic rings. The van der Waals surface area contributed by atoms with Crippen molar-refractivity contribution in [3.05, 3.63) is 65.6 Å². The number of aryl methyl sites for hydroxylation is 1. The van der Waals surface area contributed by atoms with Crippen molar-refractivity contribution in [2.45, 2.75) is 51.6 Å². The number of hydrogen-bond donors (Lipinski definition) is 2. The summed E-state index contributed by atoms with van der Waals surface area (Å²) in [5, 5.41) is 13.7. The van der Waals surface area contributed by atoms with Crippen LogP contribution in [-0.2, 0) is 16.0 Å². The molecule has 0 amide bonds. The summed E-state index contributed by atoms with van der Waals surface area (Å²) in [6.07, 6.45) is 3.44. The first-order valence-corrected chi connectivity index (χ1v) is 12.0. The number of carbonyl (C=O) groups excluding carboxylic acids is 1. The third kappa shape index (κ3) is 6.40. The molecule has 0 saturated heterocycles. The summed E-state index contributed by atoms with van der Waals surface area (Å²) in [5.74, 6) is 0.685. The van der Waals surface area contributed by atoms with Crippen LogP contribution in [0, 0.1) is 18.8 Å². The van der Waals surface area contributed by atoms with E-state index in [2.05, 4.69) is 20.3 Å². The third-order valence-electron chi connectivity index (χ3n) is 6.65. The van der Waals surface area contributed by atoms with E-state index >= 15 is 0 Å². The predicted octanol–water partition coefficient (Wildman–Crippen LogP) is 5.41. The van der Waals surface area contributed by atoms with Crippen LogP contribution < -0.4 is 5.32 Å². The minimum Gasteiger partial charge on any atom is -0.469 e. The summed E-state index contributed by atoms with van der Waals surface area (Å²) in [5.41, 5.74) is 3.09. The molecule has 1 fully saturated rings. The Kier molecular flexibility index (Phi) is 8.20. The number of nitrogens with one attached hydrogen (secondary N) is 1. The molecule has 3 aromatic rings. The SMILES string of the molecule is COC(=O)C1CCC(C(O)Cc2ccc(-c3cc(C)cc(Nc4cc(C(F)F)ccn4)n3)cn2)CC1. The maximum atomic E-state index is 13.0. The Morgan fingerprint density at radius 1 is 1.11 bits per heavy atom. The average Bonchev–Trinajstić information content (AvgIpc) is 2.88. The molecular formula is C27H30F2N4O3. The number of aliphatic hydroxyl groups is 1. The van der Waals surface area contributed by atoms with Crippen LogP contribution in [0.3, 0.4) is 0 Å². The number of carbonyl (C=O) groups is 1. The molecular weight excluding hydrogens is 466 g/mol. The van der Waals surface area contributed by atoms with Gasteiger partial charge >= 0.3 is 5.97 Å². The van der Waals surface area contributed by atoms with Gasteiger partial charge in [-0.15, -0.1) is 0 Å². The minimum absolute atomic E-state index is 0.0684. The fraction of sp³-hybridized carbons (Fsp3) is 0.407. The Hall–Kier alpha value is -3.46. The van der Waals surface area contributed by atoms with Gasteiger partial charge in [0.05, 0.1) is 24.8 Å². The molecule has 0 radical (unpaired) electrons. The molecule has 2 N–H and O–H groups in total. The molecule has 36 heavy (non-hydrogen) atoms. The standard InChI is InChI=1S/C27H30F2N4O3/c1-16-11-22(32-25(12-16)33-24-13-19(26(28)29)9-10-30-24)20-7-8-21(31-15-20)14-23(34)17-3-5-18(6-4-17)27(35)36-2/h7-13,15,17-18,23,26,34H,3-6,14H2,1-2H3,(H,30,32,33). The Bertz CT molecular complexity index is 1180. The number of ether oxygens (including phenoxy) is 1. The first kappa shape index (κ1) is 25.6. The number of aliphatic hydroxyl groups excluding tert-OH is 1. The summed E-state index contributed by atoms with van der Waals surface area (Å²) in [6, 6.07) is 10.1. The van der Waals surface area contributed by atoms with Gasteiger partial charge in [-0.3, -0.25) is 9.78 Å². The quantitative estimate of drug-likeness (QED) is 0.403. The molecule has 1 saturated carbocycles. The zero-order valence-electron chi connectivity index (χ0n) is 20.3. The normalized spacial score (nSPS) is 18.6. The Labute approximate surface area is 209 Å². The number of rotatable bonds is 8. The first-order valence-electron chi connectivity index (χ1n) is 12.0. The van der Waals surface area contributed by atoms with E-state index in [9.17, 15) is 18.7 Å². The molecule has 3 heterocycles. The van der Waals surface area contributed by atoms with Gasteiger partial charge in [0.1, 0.15) is 11.6 Å². The maximum Gasteiger partial charge on any atom is 0.308 e. The van der Waals surface area contributed by atoms with Crippen molar-refractivity contribution >= 4 is 17.6 Å². The summed E-state index contributed by atoms with van der Waals surface area (Å²) in [6.45, 7) is 1.92. The fourth-order valence-corrected chi connectivity index (χ4v) is 4.65. The Morgan fingerprint density at radius 3 is 2.56 bits per heavy atom. The number of hydrogen-bond acceptors (Lipinski definition) is 7. The van der Waals surface area contributed by atoms with Gasteiger partial charge in [0.25, 0.3) is 6.43 Å². The van der Waals surface area contributed by atoms with Crippen molar-refractivity contribution in [1.29, 1.82) is 0 Å². The predicted molar refractivity (Wildman–Crippen MR) is 132 cm³/mol. The van der Waals surface area contributed by atoms with Crippen LogP contribution in [0.1, 0.15) is 48.9 Å². The second kappa shape index (κ2) is 11.5. The fourth-order valence-electron chi connectivity index (χ4n) is 4.65. The van der Waals surface area contributed by atoms with Crippen LogP contribution >= 0.6 is 0 Å². The smallest absolute Gasteiger partial charge is 0.308 e. The highest BCUT2D eigenvalue weighted by atomic mass is 19.3. The molecule has 0 spiro atoms. The molecule has 7 nitrogen and oxygen atoms in total. The molecule has 190 valence electrons. The van der Waals surface area contributed by atoms with Crippen molar-refractivity contribution in [2.24, 2.45) is 11.8 Å². The summed E-state index contributed by atoms with van der Waals surface area (Å²) in [4.78, 5) is 25.0. The van der Waals surface area contributed by atoms with E-state index in [-0.39, 0.29) is 23.4 Å². The van der Waals surface area contributed by atoms with E-state index in [1.807, 2.05) is 31.2 Å². The number of esters is 1. The Balaban J connectivity index is 1.40. The van der Waals surface area contributed by atoms with E-state index < -0.39 is 12.5 Å². The van der Waals surface area contributed by atoms with Crippen LogP contribution in [0.5, 0.6) is 0 Å². The second-order valence-electron chi connectivity index (χ2n) is 9.26. The van der Waals surface area contributed by atoms with E-state index in [1.165, 1.54) is 25.4 Å². The van der Waals surface area contributed by atoms with Gasteiger partial charge in [0.15, 0.2) is 0 Å². The highest BCUT2D eigenvalue weighted by Crippen LogP contribution is 2.32. The zero-order chi connectivity index (χ0) is 25.7. The van der Waals surface area contributed by atoms with Crippen LogP contribution in [0.25, 0.3) is 11.3 Å². The molecule has 9 heteroatoms. The largest absolute Gasteiger partial charge is 0.469 e. The molecule has 0 bridgehead atoms. The monoisotopic (exact) mass is 496 g/mol. The van der Waals surface area contributed by atoms with Gasteiger partial charge in [-0.2, -0.15) is 0 Å². The second-order valence-corrected chi connectivity index (χ2v) is 9.26. The number of methoxy groups -OCH3 is 1. The molecule has 0 aliphatic heterocycles. The van der Waals surface area contributed by atoms with E-state index in [0.717, 1.165) is 42.5 Å². The number of nitrogens with zero attached hydrogens (tertiary/aromatic N) is 3. The number of pyridine rings is 3. The molecule has 1 atom stereocenters. The molecule has 0 aromatic carbocycles. The van der Waals surface area contributed by atoms with Gasteiger partial charge in [0, 0.05) is 35.6 Å². The van der Waals surface area contributed by atoms with Crippen LogP contribution in [0.2, 0.25) is 0 Å². The lowest BCUT2D eigenvalue weighted by molar-refractivity contribution is -0.147. The van der Waals surface area contributed by atoms with E-state index in [1.54, 1.807) is 6.20 Å². The van der Waals surface area contributed by atoms with Crippen molar-refractivity contribution in [3.63, 3.8) is 0 Å². The summed E-state index contributed by atoms with van der Waals surface area (Å²) in [7, 11) is 1.41. The van der Waals surface area contributed by atoms with Gasteiger partial charge < -0.3 is 15.2 Å². The van der Waals surface area contributed by atoms with Crippen LogP contribution in [0.4, 0.5) is 20.4 Å². The lowest BCUT2D eigenvalue weighted by atomic mass is 9.78. The number of halogens is 2. The van der Waals surface area contributed by atoms with Gasteiger partial charge in [-0.25, -0.2) is 18.7 Å². The lowest BCUT2D eigenvalue weighted by Crippen LogP contribution is -2.30. The van der Waals surface area contributed by atoms with E-state index in [0.29, 0.717) is 23.8 Å². The highest BCUT2D eigenvalue weighted by molar-refractivity contribution is 5.72. The molecule has 4 rings (SSSR count). The number of alkyl halides is 2. The third-order valence-corrected chi connectivity index (χ3v) is 6.65. The Morgan fingerprint density at radius 2 is 1.89 bits per heavy atom. The summed E-state index contributed by atoms with van der Waals surface area (Å²) < 4.78 is 30.8. The molecule has 3 aromatic heterocycles. The van der Waals surface area contributed by atoms with Crippen molar-refractivity contribution in [1.82, 2.24) is 15.0 Å². The minimum atomic E-state index is -2.58. The van der Waals surface area contributed by atoms with Gasteiger partial charge in [0.2, 0.25) is 0 Å². The van der Waals surface area contributed by atoms with Gasteiger partial charge in [-0.1, -0.05) is 0 Å². The lowest BCUT2D eigenvalue weighted by Gasteiger charge is -2.30. The highest BCUT2D eigenvalue weighted by Gasteiger charge is 2.30. The number of anilines is 2. The average molecular weight is 497 g/mol. The molecule has 1 unspecified atom stereocenters. The summed E-state index contributed by atoms with van der Waals surface area (Å²) >= 11 is 0. The zero-order valence-corrected chi connectivity index (χ0v) is 20.3. The molecule has 1 aliphatic carbocycles. The number of aromatic nitrogens is 3. The first-order chi connectivity index (χ1) is 17.3. The van der Waals surface area contributed by atoms with Crippen LogP contribution in [0.15, 0.2) is 48.8 Å². The topological polar surface area (TPSA) is 97.2 Å². The maximum absolute atomic E-state index is 13.0. The van der Waals surface area contributed by atoms with Crippen LogP contribution in [-0.4, -0.2) is 39.2 Å². The van der Waals surface area contributed by atoms with Crippen molar-refractivity contribution in [3.8, 4) is 11.3 Å². The van der Waals surface area contributed by atoms with Gasteiger partial charge in [-0.05, 0) is 80.5 Å². The van der Waals surface area contributed by atoms with Crippen molar-refractivity contribution < 1.29 is 23.4 Å².